The van der Waals surface area contributed by atoms with Gasteiger partial charge in [-0.05, 0) is 29.8 Å². The summed E-state index contributed by atoms with van der Waals surface area (Å²) in [6.45, 7) is 0. The van der Waals surface area contributed by atoms with Gasteiger partial charge in [0.25, 0.3) is 0 Å². The van der Waals surface area contributed by atoms with Gasteiger partial charge >= 0.3 is 18.3 Å². The Morgan fingerprint density at radius 1 is 0.778 bits per heavy atom. The molecule has 0 aromatic heterocycles. The lowest BCUT2D eigenvalue weighted by Crippen LogP contribution is -2.40. The van der Waals surface area contributed by atoms with E-state index in [1.807, 2.05) is 0 Å². The number of rotatable bonds is 4. The summed E-state index contributed by atoms with van der Waals surface area (Å²) in [4.78, 5) is 0. The van der Waals surface area contributed by atoms with Crippen LogP contribution in [0.25, 0.3) is 0 Å². The number of ether oxygens (including phenoxy) is 1. The van der Waals surface area contributed by atoms with Gasteiger partial charge in [-0.15, -0.1) is 0 Å². The quantitative estimate of drug-likeness (QED) is 0.481. The van der Waals surface area contributed by atoms with Gasteiger partial charge in [0.2, 0.25) is 0 Å². The van der Waals surface area contributed by atoms with E-state index in [9.17, 15) is 39.5 Å². The standard InChI is InChI=1S/C16H10F9NO/c17-13(14(18,19)16(23,24)25)8-1-3-11(4-2-8)27-12-6-9(15(20,21)22)5-10(26)7-12/h1-7,13H,26H2. The summed E-state index contributed by atoms with van der Waals surface area (Å²) in [5.74, 6) is -6.18. The topological polar surface area (TPSA) is 35.2 Å². The zero-order valence-corrected chi connectivity index (χ0v) is 13.0. The highest BCUT2D eigenvalue weighted by Gasteiger charge is 2.63. The molecule has 2 aromatic rings. The first-order valence-electron chi connectivity index (χ1n) is 7.06. The highest BCUT2D eigenvalue weighted by Crippen LogP contribution is 2.46. The van der Waals surface area contributed by atoms with Gasteiger partial charge in [-0.3, -0.25) is 0 Å². The molecule has 148 valence electrons. The Kier molecular flexibility index (Phi) is 5.26. The van der Waals surface area contributed by atoms with E-state index in [1.165, 1.54) is 0 Å². The van der Waals surface area contributed by atoms with Crippen LogP contribution in [-0.2, 0) is 6.18 Å². The van der Waals surface area contributed by atoms with Crippen molar-refractivity contribution in [2.45, 2.75) is 24.4 Å². The molecule has 0 aliphatic rings. The van der Waals surface area contributed by atoms with Crippen LogP contribution in [0.3, 0.4) is 0 Å². The Morgan fingerprint density at radius 3 is 1.81 bits per heavy atom. The lowest BCUT2D eigenvalue weighted by atomic mass is 10.0. The molecule has 0 bridgehead atoms. The van der Waals surface area contributed by atoms with Crippen molar-refractivity contribution in [3.05, 3.63) is 53.6 Å². The molecule has 0 saturated carbocycles. The molecule has 0 fully saturated rings. The lowest BCUT2D eigenvalue weighted by Gasteiger charge is -2.23. The molecule has 1 unspecified atom stereocenters. The molecule has 1 atom stereocenters. The number of benzene rings is 2. The van der Waals surface area contributed by atoms with E-state index in [1.54, 1.807) is 0 Å². The fraction of sp³-hybridized carbons (Fsp3) is 0.250. The molecular formula is C16H10F9NO. The van der Waals surface area contributed by atoms with Gasteiger partial charge in [0.1, 0.15) is 11.5 Å². The summed E-state index contributed by atoms with van der Waals surface area (Å²) in [6.07, 6.45) is -14.4. The summed E-state index contributed by atoms with van der Waals surface area (Å²) < 4.78 is 119. The average Bonchev–Trinajstić information content (AvgIpc) is 2.52. The van der Waals surface area contributed by atoms with Gasteiger partial charge in [-0.2, -0.15) is 35.1 Å². The first-order chi connectivity index (χ1) is 12.2. The lowest BCUT2D eigenvalue weighted by molar-refractivity contribution is -0.305. The monoisotopic (exact) mass is 403 g/mol. The van der Waals surface area contributed by atoms with Gasteiger partial charge in [-0.1, -0.05) is 12.1 Å². The Labute approximate surface area is 146 Å². The molecule has 0 heterocycles. The van der Waals surface area contributed by atoms with Crippen LogP contribution in [0.2, 0.25) is 0 Å². The second-order valence-electron chi connectivity index (χ2n) is 5.44. The number of hydrogen-bond donors (Lipinski definition) is 1. The summed E-state index contributed by atoms with van der Waals surface area (Å²) in [5.41, 5.74) is 2.98. The number of hydrogen-bond acceptors (Lipinski definition) is 2. The van der Waals surface area contributed by atoms with Gasteiger partial charge in [0, 0.05) is 11.8 Å². The molecule has 2 rings (SSSR count). The van der Waals surface area contributed by atoms with E-state index in [4.69, 9.17) is 10.5 Å². The van der Waals surface area contributed by atoms with Crippen molar-refractivity contribution in [3.63, 3.8) is 0 Å². The zero-order valence-electron chi connectivity index (χ0n) is 13.0. The van der Waals surface area contributed by atoms with Crippen LogP contribution in [0.4, 0.5) is 45.2 Å². The highest BCUT2D eigenvalue weighted by molar-refractivity contribution is 5.49. The fourth-order valence-electron chi connectivity index (χ4n) is 2.04. The third-order valence-electron chi connectivity index (χ3n) is 3.36. The van der Waals surface area contributed by atoms with Gasteiger partial charge in [0.05, 0.1) is 5.56 Å². The number of nitrogen functional groups attached to an aromatic ring is 1. The summed E-state index contributed by atoms with van der Waals surface area (Å²) in [6, 6.07) is 5.20. The zero-order chi connectivity index (χ0) is 20.6. The first-order valence-corrected chi connectivity index (χ1v) is 7.06. The minimum atomic E-state index is -6.09. The van der Waals surface area contributed by atoms with Crippen LogP contribution >= 0.6 is 0 Å². The fourth-order valence-corrected chi connectivity index (χ4v) is 2.04. The normalized spacial score (nSPS) is 14.1. The molecule has 2 aromatic carbocycles. The maximum absolute atomic E-state index is 13.6. The van der Waals surface area contributed by atoms with Gasteiger partial charge in [0.15, 0.2) is 6.17 Å². The number of halogens is 9. The Morgan fingerprint density at radius 2 is 1.33 bits per heavy atom. The second kappa shape index (κ2) is 6.86. The smallest absolute Gasteiger partial charge is 0.456 e. The molecule has 0 aliphatic carbocycles. The van der Waals surface area contributed by atoms with Gasteiger partial charge < -0.3 is 10.5 Å². The predicted molar refractivity (Wildman–Crippen MR) is 77.2 cm³/mol. The number of nitrogens with two attached hydrogens (primary N) is 1. The first kappa shape index (κ1) is 20.7. The molecule has 0 spiro atoms. The van der Waals surface area contributed by atoms with Crippen LogP contribution in [0.15, 0.2) is 42.5 Å². The maximum Gasteiger partial charge on any atom is 0.456 e. The molecule has 0 saturated heterocycles. The van der Waals surface area contributed by atoms with Crippen molar-refractivity contribution in [2.75, 3.05) is 5.73 Å². The molecular weight excluding hydrogens is 393 g/mol. The maximum atomic E-state index is 13.6. The highest BCUT2D eigenvalue weighted by atomic mass is 19.4. The predicted octanol–water partition coefficient (Wildman–Crippen LogP) is 6.29. The number of anilines is 1. The summed E-state index contributed by atoms with van der Waals surface area (Å²) in [5, 5.41) is 0. The van der Waals surface area contributed by atoms with Crippen molar-refractivity contribution in [3.8, 4) is 11.5 Å². The van der Waals surface area contributed by atoms with Crippen LogP contribution in [0.5, 0.6) is 11.5 Å². The third-order valence-corrected chi connectivity index (χ3v) is 3.36. The molecule has 2 N–H and O–H groups in total. The molecule has 11 heteroatoms. The van der Waals surface area contributed by atoms with Crippen molar-refractivity contribution < 1.29 is 44.3 Å². The van der Waals surface area contributed by atoms with E-state index >= 15 is 0 Å². The van der Waals surface area contributed by atoms with Crippen molar-refractivity contribution in [1.29, 1.82) is 0 Å². The molecule has 2 nitrogen and oxygen atoms in total. The van der Waals surface area contributed by atoms with E-state index in [0.29, 0.717) is 24.3 Å². The Hall–Kier alpha value is -2.59. The summed E-state index contributed by atoms with van der Waals surface area (Å²) >= 11 is 0. The minimum absolute atomic E-state index is 0.222. The molecule has 0 aliphatic heterocycles. The largest absolute Gasteiger partial charge is 0.457 e. The SMILES string of the molecule is Nc1cc(Oc2ccc(C(F)C(F)(F)C(F)(F)F)cc2)cc(C(F)(F)F)c1. The van der Waals surface area contributed by atoms with Crippen molar-refractivity contribution in [2.24, 2.45) is 0 Å². The van der Waals surface area contributed by atoms with Crippen LogP contribution in [0, 0.1) is 0 Å². The van der Waals surface area contributed by atoms with E-state index in [-0.39, 0.29) is 17.2 Å². The second-order valence-corrected chi connectivity index (χ2v) is 5.44. The molecule has 27 heavy (non-hydrogen) atoms. The molecule has 0 radical (unpaired) electrons. The van der Waals surface area contributed by atoms with Crippen molar-refractivity contribution >= 4 is 5.69 Å². The van der Waals surface area contributed by atoms with E-state index in [0.717, 1.165) is 18.2 Å². The van der Waals surface area contributed by atoms with E-state index in [2.05, 4.69) is 0 Å². The van der Waals surface area contributed by atoms with Gasteiger partial charge in [-0.25, -0.2) is 4.39 Å². The van der Waals surface area contributed by atoms with E-state index < -0.39 is 35.6 Å². The van der Waals surface area contributed by atoms with Crippen LogP contribution < -0.4 is 10.5 Å². The van der Waals surface area contributed by atoms with Crippen molar-refractivity contribution in [1.82, 2.24) is 0 Å². The minimum Gasteiger partial charge on any atom is -0.457 e. The molecule has 0 amide bonds. The average molecular weight is 403 g/mol. The van der Waals surface area contributed by atoms with Crippen LogP contribution in [-0.4, -0.2) is 12.1 Å². The van der Waals surface area contributed by atoms with Crippen LogP contribution in [0.1, 0.15) is 17.3 Å². The third kappa shape index (κ3) is 4.58. The Bertz CT molecular complexity index is 797. The summed E-state index contributed by atoms with van der Waals surface area (Å²) in [7, 11) is 0. The number of alkyl halides is 9. The Balaban J connectivity index is 2.23.